The van der Waals surface area contributed by atoms with Gasteiger partial charge in [0, 0.05) is 6.54 Å². The van der Waals surface area contributed by atoms with E-state index in [-0.39, 0.29) is 0 Å². The van der Waals surface area contributed by atoms with Gasteiger partial charge in [-0.3, -0.25) is 4.90 Å². The second-order valence-electron chi connectivity index (χ2n) is 4.73. The first-order valence-electron chi connectivity index (χ1n) is 6.19. The van der Waals surface area contributed by atoms with Gasteiger partial charge in [-0.2, -0.15) is 5.26 Å². The van der Waals surface area contributed by atoms with Crippen molar-refractivity contribution in [2.45, 2.75) is 26.9 Å². The van der Waals surface area contributed by atoms with Crippen LogP contribution in [0, 0.1) is 25.2 Å². The topological polar surface area (TPSA) is 53.1 Å². The van der Waals surface area contributed by atoms with Crippen molar-refractivity contribution in [3.05, 3.63) is 52.7 Å². The Morgan fingerprint density at radius 3 is 2.74 bits per heavy atom. The van der Waals surface area contributed by atoms with Gasteiger partial charge in [0.1, 0.15) is 5.76 Å². The van der Waals surface area contributed by atoms with E-state index >= 15 is 0 Å². The van der Waals surface area contributed by atoms with E-state index in [1.165, 1.54) is 0 Å². The Morgan fingerprint density at radius 2 is 2.11 bits per heavy atom. The molecule has 0 bridgehead atoms. The highest BCUT2D eigenvalue weighted by atomic mass is 16.4. The third-order valence-corrected chi connectivity index (χ3v) is 2.99. The molecule has 0 saturated heterocycles. The molecule has 98 valence electrons. The molecular weight excluding hydrogens is 238 g/mol. The van der Waals surface area contributed by atoms with Crippen LogP contribution in [-0.2, 0) is 13.1 Å². The van der Waals surface area contributed by atoms with Crippen LogP contribution in [-0.4, -0.2) is 16.9 Å². The Kier molecular flexibility index (Phi) is 3.98. The lowest BCUT2D eigenvalue weighted by atomic mass is 10.1. The zero-order valence-electron chi connectivity index (χ0n) is 11.5. The van der Waals surface area contributed by atoms with Crippen molar-refractivity contribution >= 4 is 0 Å². The molecule has 0 aliphatic carbocycles. The minimum atomic E-state index is 0.658. The largest absolute Gasteiger partial charge is 0.444 e. The number of nitrogens with zero attached hydrogens (tertiary/aromatic N) is 3. The predicted molar refractivity (Wildman–Crippen MR) is 72.3 cm³/mol. The van der Waals surface area contributed by atoms with E-state index < -0.39 is 0 Å². The SMILES string of the molecule is Cc1nc(CN(C)Cc2cccc(C#N)c2)oc1C. The van der Waals surface area contributed by atoms with Crippen LogP contribution in [0.1, 0.15) is 28.5 Å². The van der Waals surface area contributed by atoms with E-state index in [1.54, 1.807) is 0 Å². The van der Waals surface area contributed by atoms with E-state index in [4.69, 9.17) is 9.68 Å². The fraction of sp³-hybridized carbons (Fsp3) is 0.333. The molecular formula is C15H17N3O. The average molecular weight is 255 g/mol. The molecule has 0 aliphatic heterocycles. The molecule has 1 heterocycles. The molecule has 0 N–H and O–H groups in total. The van der Waals surface area contributed by atoms with Crippen LogP contribution in [0.4, 0.5) is 0 Å². The molecule has 4 nitrogen and oxygen atoms in total. The highest BCUT2D eigenvalue weighted by Gasteiger charge is 2.09. The van der Waals surface area contributed by atoms with Crippen LogP contribution in [0.5, 0.6) is 0 Å². The van der Waals surface area contributed by atoms with Crippen molar-refractivity contribution in [1.29, 1.82) is 5.26 Å². The van der Waals surface area contributed by atoms with Gasteiger partial charge in [-0.25, -0.2) is 4.98 Å². The molecule has 2 aromatic rings. The average Bonchev–Trinajstić information content (AvgIpc) is 2.68. The minimum absolute atomic E-state index is 0.658. The maximum atomic E-state index is 8.88. The molecule has 2 rings (SSSR count). The van der Waals surface area contributed by atoms with Crippen LogP contribution in [0.2, 0.25) is 0 Å². The number of hydrogen-bond acceptors (Lipinski definition) is 4. The summed E-state index contributed by atoms with van der Waals surface area (Å²) in [4.78, 5) is 6.48. The van der Waals surface area contributed by atoms with Gasteiger partial charge >= 0.3 is 0 Å². The standard InChI is InChI=1S/C15H17N3O/c1-11-12(2)19-15(17-11)10-18(3)9-14-6-4-5-13(7-14)8-16/h4-7H,9-10H2,1-3H3. The molecule has 0 aliphatic rings. The quantitative estimate of drug-likeness (QED) is 0.843. The number of benzene rings is 1. The van der Waals surface area contributed by atoms with Crippen LogP contribution in [0.25, 0.3) is 0 Å². The molecule has 0 amide bonds. The first-order chi connectivity index (χ1) is 9.08. The third-order valence-electron chi connectivity index (χ3n) is 2.99. The molecule has 4 heteroatoms. The van der Waals surface area contributed by atoms with E-state index in [9.17, 15) is 0 Å². The lowest BCUT2D eigenvalue weighted by Crippen LogP contribution is -2.17. The fourth-order valence-electron chi connectivity index (χ4n) is 1.94. The van der Waals surface area contributed by atoms with Gasteiger partial charge in [0.2, 0.25) is 5.89 Å². The normalized spacial score (nSPS) is 10.7. The van der Waals surface area contributed by atoms with E-state index in [2.05, 4.69) is 16.0 Å². The Labute approximate surface area is 113 Å². The zero-order valence-corrected chi connectivity index (χ0v) is 11.5. The number of aromatic nitrogens is 1. The molecule has 19 heavy (non-hydrogen) atoms. The number of nitriles is 1. The van der Waals surface area contributed by atoms with E-state index in [0.717, 1.165) is 29.5 Å². The van der Waals surface area contributed by atoms with E-state index in [0.29, 0.717) is 12.1 Å². The third kappa shape index (κ3) is 3.43. The number of oxazole rings is 1. The lowest BCUT2D eigenvalue weighted by molar-refractivity contribution is 0.279. The van der Waals surface area contributed by atoms with Crippen molar-refractivity contribution in [3.8, 4) is 6.07 Å². The first kappa shape index (κ1) is 13.3. The fourth-order valence-corrected chi connectivity index (χ4v) is 1.94. The monoisotopic (exact) mass is 255 g/mol. The summed E-state index contributed by atoms with van der Waals surface area (Å²) < 4.78 is 5.56. The summed E-state index contributed by atoms with van der Waals surface area (Å²) in [6.07, 6.45) is 0. The highest BCUT2D eigenvalue weighted by Crippen LogP contribution is 2.12. The molecule has 0 atom stereocenters. The van der Waals surface area contributed by atoms with Crippen molar-refractivity contribution < 1.29 is 4.42 Å². The van der Waals surface area contributed by atoms with Gasteiger partial charge in [-0.05, 0) is 38.6 Å². The molecule has 0 fully saturated rings. The van der Waals surface area contributed by atoms with Gasteiger partial charge in [0.05, 0.1) is 23.9 Å². The van der Waals surface area contributed by atoms with Crippen LogP contribution >= 0.6 is 0 Å². The molecule has 0 spiro atoms. The van der Waals surface area contributed by atoms with Gasteiger partial charge in [0.15, 0.2) is 0 Å². The second-order valence-corrected chi connectivity index (χ2v) is 4.73. The minimum Gasteiger partial charge on any atom is -0.444 e. The maximum absolute atomic E-state index is 8.88. The molecule has 0 saturated carbocycles. The lowest BCUT2D eigenvalue weighted by Gasteiger charge is -2.14. The molecule has 0 unspecified atom stereocenters. The highest BCUT2D eigenvalue weighted by molar-refractivity contribution is 5.32. The Bertz CT molecular complexity index is 591. The first-order valence-corrected chi connectivity index (χ1v) is 6.19. The van der Waals surface area contributed by atoms with Crippen molar-refractivity contribution in [3.63, 3.8) is 0 Å². The summed E-state index contributed by atoms with van der Waals surface area (Å²) in [7, 11) is 2.01. The smallest absolute Gasteiger partial charge is 0.208 e. The van der Waals surface area contributed by atoms with Gasteiger partial charge < -0.3 is 4.42 Å². The number of aryl methyl sites for hydroxylation is 2. The molecule has 0 radical (unpaired) electrons. The maximum Gasteiger partial charge on any atom is 0.208 e. The summed E-state index contributed by atoms with van der Waals surface area (Å²) in [5.41, 5.74) is 2.74. The molecule has 1 aromatic carbocycles. The summed E-state index contributed by atoms with van der Waals surface area (Å²) in [5.74, 6) is 1.60. The van der Waals surface area contributed by atoms with Crippen molar-refractivity contribution in [1.82, 2.24) is 9.88 Å². The summed E-state index contributed by atoms with van der Waals surface area (Å²) >= 11 is 0. The Hall–Kier alpha value is -2.12. The van der Waals surface area contributed by atoms with Crippen LogP contribution in [0.15, 0.2) is 28.7 Å². The van der Waals surface area contributed by atoms with Crippen LogP contribution < -0.4 is 0 Å². The summed E-state index contributed by atoms with van der Waals surface area (Å²) in [5, 5.41) is 8.88. The number of rotatable bonds is 4. The molecule has 1 aromatic heterocycles. The van der Waals surface area contributed by atoms with Gasteiger partial charge in [0.25, 0.3) is 0 Å². The van der Waals surface area contributed by atoms with Crippen LogP contribution in [0.3, 0.4) is 0 Å². The Balaban J connectivity index is 2.01. The van der Waals surface area contributed by atoms with Crippen molar-refractivity contribution in [2.24, 2.45) is 0 Å². The second kappa shape index (κ2) is 5.68. The predicted octanol–water partition coefficient (Wildman–Crippen LogP) is 2.80. The summed E-state index contributed by atoms with van der Waals surface area (Å²) in [6.45, 7) is 5.28. The number of hydrogen-bond donors (Lipinski definition) is 0. The van der Waals surface area contributed by atoms with E-state index in [1.807, 2.05) is 45.2 Å². The Morgan fingerprint density at radius 1 is 1.32 bits per heavy atom. The van der Waals surface area contributed by atoms with Gasteiger partial charge in [-0.1, -0.05) is 12.1 Å². The zero-order chi connectivity index (χ0) is 13.8. The van der Waals surface area contributed by atoms with Crippen molar-refractivity contribution in [2.75, 3.05) is 7.05 Å². The summed E-state index contributed by atoms with van der Waals surface area (Å²) in [6, 6.07) is 9.79. The van der Waals surface area contributed by atoms with Gasteiger partial charge in [-0.15, -0.1) is 0 Å².